The number of rotatable bonds is 11. The zero-order chi connectivity index (χ0) is 23.6. The van der Waals surface area contributed by atoms with Crippen molar-refractivity contribution >= 4 is 5.97 Å². The van der Waals surface area contributed by atoms with Gasteiger partial charge in [-0.05, 0) is 28.3 Å². The van der Waals surface area contributed by atoms with Crippen molar-refractivity contribution in [3.05, 3.63) is 119 Å². The molecule has 1 aliphatic rings. The smallest absolute Gasteiger partial charge is 0.302 e. The zero-order valence-corrected chi connectivity index (χ0v) is 19.3. The van der Waals surface area contributed by atoms with E-state index in [1.807, 2.05) is 97.1 Å². The summed E-state index contributed by atoms with van der Waals surface area (Å²) in [5.74, 6) is -0.335. The minimum absolute atomic E-state index is 0.144. The Morgan fingerprint density at radius 1 is 0.647 bits per heavy atom. The van der Waals surface area contributed by atoms with Crippen molar-refractivity contribution in [2.45, 2.75) is 45.1 Å². The maximum atomic E-state index is 11.5. The van der Waals surface area contributed by atoms with Crippen LogP contribution in [-0.4, -0.2) is 30.9 Å². The molecule has 1 aliphatic carbocycles. The van der Waals surface area contributed by atoms with Crippen LogP contribution in [0.1, 0.15) is 23.6 Å². The Morgan fingerprint density at radius 2 is 1.12 bits per heavy atom. The van der Waals surface area contributed by atoms with Gasteiger partial charge in [0.2, 0.25) is 0 Å². The van der Waals surface area contributed by atoms with Gasteiger partial charge in [-0.15, -0.1) is 0 Å². The molecule has 34 heavy (non-hydrogen) atoms. The van der Waals surface area contributed by atoms with Gasteiger partial charge >= 0.3 is 5.97 Å². The van der Waals surface area contributed by atoms with Gasteiger partial charge in [-0.1, -0.05) is 91.0 Å². The van der Waals surface area contributed by atoms with Crippen molar-refractivity contribution in [2.24, 2.45) is 0 Å². The molecule has 0 radical (unpaired) electrons. The van der Waals surface area contributed by atoms with Crippen LogP contribution in [-0.2, 0) is 43.6 Å². The molecule has 0 bridgehead atoms. The first-order valence-electron chi connectivity index (χ1n) is 11.5. The fourth-order valence-electron chi connectivity index (χ4n) is 3.92. The zero-order valence-electron chi connectivity index (χ0n) is 19.3. The number of hydrogen-bond acceptors (Lipinski definition) is 5. The average molecular weight is 459 g/mol. The van der Waals surface area contributed by atoms with Crippen molar-refractivity contribution in [3.8, 4) is 0 Å². The molecule has 0 fully saturated rings. The van der Waals surface area contributed by atoms with E-state index in [1.54, 1.807) is 0 Å². The molecule has 0 saturated heterocycles. The SMILES string of the molecule is CC(=O)OCC1=C[C@H](OCc2ccccc2)[C@@H](OCc2ccccc2)[C@@H]1OCc1ccccc1. The molecule has 0 spiro atoms. The second-order valence-electron chi connectivity index (χ2n) is 8.26. The van der Waals surface area contributed by atoms with Crippen LogP contribution in [0.5, 0.6) is 0 Å². The fourth-order valence-corrected chi connectivity index (χ4v) is 3.92. The molecule has 0 unspecified atom stereocenters. The molecule has 3 aromatic carbocycles. The maximum Gasteiger partial charge on any atom is 0.302 e. The highest BCUT2D eigenvalue weighted by atomic mass is 16.6. The van der Waals surface area contributed by atoms with Crippen molar-refractivity contribution in [2.75, 3.05) is 6.61 Å². The van der Waals surface area contributed by atoms with E-state index in [-0.39, 0.29) is 24.8 Å². The molecule has 0 aliphatic heterocycles. The van der Waals surface area contributed by atoms with Gasteiger partial charge in [-0.2, -0.15) is 0 Å². The lowest BCUT2D eigenvalue weighted by Gasteiger charge is -2.27. The molecule has 3 atom stereocenters. The first kappa shape index (κ1) is 23.9. The lowest BCUT2D eigenvalue weighted by atomic mass is 10.1. The summed E-state index contributed by atoms with van der Waals surface area (Å²) in [4.78, 5) is 11.5. The first-order chi connectivity index (χ1) is 16.7. The van der Waals surface area contributed by atoms with Gasteiger partial charge in [0, 0.05) is 6.92 Å². The third kappa shape index (κ3) is 6.87. The van der Waals surface area contributed by atoms with Crippen molar-refractivity contribution in [3.63, 3.8) is 0 Å². The maximum absolute atomic E-state index is 11.5. The van der Waals surface area contributed by atoms with E-state index >= 15 is 0 Å². The van der Waals surface area contributed by atoms with E-state index in [9.17, 15) is 4.79 Å². The predicted molar refractivity (Wildman–Crippen MR) is 130 cm³/mol. The number of carbonyl (C=O) groups is 1. The number of esters is 1. The molecule has 0 heterocycles. The highest BCUT2D eigenvalue weighted by Crippen LogP contribution is 2.30. The topological polar surface area (TPSA) is 54.0 Å². The summed E-state index contributed by atoms with van der Waals surface area (Å²) < 4.78 is 24.4. The Hall–Kier alpha value is -3.25. The van der Waals surface area contributed by atoms with Crippen molar-refractivity contribution in [1.29, 1.82) is 0 Å². The minimum Gasteiger partial charge on any atom is -0.461 e. The van der Waals surface area contributed by atoms with E-state index < -0.39 is 6.10 Å². The third-order valence-electron chi connectivity index (χ3n) is 5.65. The number of carbonyl (C=O) groups excluding carboxylic acids is 1. The standard InChI is InChI=1S/C29H30O5/c1-22(30)31-21-26-17-27(32-18-23-11-5-2-6-12-23)29(34-20-25-15-9-4-10-16-25)28(26)33-19-24-13-7-3-8-14-24/h2-17,27-29H,18-21H2,1H3/t27-,28+,29+/m0/s1. The summed E-state index contributed by atoms with van der Waals surface area (Å²) in [6.45, 7) is 2.84. The third-order valence-corrected chi connectivity index (χ3v) is 5.65. The molecule has 0 N–H and O–H groups in total. The van der Waals surface area contributed by atoms with E-state index in [4.69, 9.17) is 18.9 Å². The van der Waals surface area contributed by atoms with E-state index in [0.717, 1.165) is 22.3 Å². The minimum atomic E-state index is -0.399. The van der Waals surface area contributed by atoms with Crippen LogP contribution < -0.4 is 0 Å². The van der Waals surface area contributed by atoms with Crippen molar-refractivity contribution in [1.82, 2.24) is 0 Å². The Kier molecular flexibility index (Phi) is 8.63. The molecular weight excluding hydrogens is 428 g/mol. The van der Waals surface area contributed by atoms with Crippen LogP contribution in [0.25, 0.3) is 0 Å². The lowest BCUT2D eigenvalue weighted by Crippen LogP contribution is -2.38. The molecule has 0 amide bonds. The highest BCUT2D eigenvalue weighted by Gasteiger charge is 2.40. The van der Waals surface area contributed by atoms with Crippen LogP contribution >= 0.6 is 0 Å². The van der Waals surface area contributed by atoms with Gasteiger partial charge in [0.1, 0.15) is 24.9 Å². The number of benzene rings is 3. The van der Waals surface area contributed by atoms with Crippen LogP contribution in [0.2, 0.25) is 0 Å². The molecule has 4 rings (SSSR count). The summed E-state index contributed by atoms with van der Waals surface area (Å²) in [7, 11) is 0. The van der Waals surface area contributed by atoms with Crippen LogP contribution in [0.15, 0.2) is 103 Å². The molecule has 5 nitrogen and oxygen atoms in total. The summed E-state index contributed by atoms with van der Waals surface area (Å²) >= 11 is 0. The van der Waals surface area contributed by atoms with Crippen LogP contribution in [0, 0.1) is 0 Å². The molecule has 0 saturated carbocycles. The molecule has 3 aromatic rings. The summed E-state index contributed by atoms with van der Waals surface area (Å²) in [5.41, 5.74) is 4.06. The summed E-state index contributed by atoms with van der Waals surface area (Å²) in [6.07, 6.45) is 0.870. The van der Waals surface area contributed by atoms with E-state index in [2.05, 4.69) is 0 Å². The Morgan fingerprint density at radius 3 is 1.62 bits per heavy atom. The van der Waals surface area contributed by atoms with Crippen molar-refractivity contribution < 1.29 is 23.7 Å². The van der Waals surface area contributed by atoms with Gasteiger partial charge in [0.05, 0.1) is 19.8 Å². The quantitative estimate of drug-likeness (QED) is 0.290. The molecule has 176 valence electrons. The van der Waals surface area contributed by atoms with E-state index in [0.29, 0.717) is 19.8 Å². The average Bonchev–Trinajstić information content (AvgIpc) is 3.21. The molecule has 0 aromatic heterocycles. The lowest BCUT2D eigenvalue weighted by molar-refractivity contribution is -0.141. The first-order valence-corrected chi connectivity index (χ1v) is 11.5. The monoisotopic (exact) mass is 458 g/mol. The van der Waals surface area contributed by atoms with Gasteiger partial charge in [-0.3, -0.25) is 4.79 Å². The second-order valence-corrected chi connectivity index (χ2v) is 8.26. The Bertz CT molecular complexity index is 1050. The molecular formula is C29H30O5. The normalized spacial score (nSPS) is 19.6. The van der Waals surface area contributed by atoms with Gasteiger partial charge < -0.3 is 18.9 Å². The van der Waals surface area contributed by atoms with Crippen LogP contribution in [0.4, 0.5) is 0 Å². The Labute approximate surface area is 200 Å². The second kappa shape index (κ2) is 12.3. The largest absolute Gasteiger partial charge is 0.461 e. The van der Waals surface area contributed by atoms with Gasteiger partial charge in [0.25, 0.3) is 0 Å². The predicted octanol–water partition coefficient (Wildman–Crippen LogP) is 5.25. The fraction of sp³-hybridized carbons (Fsp3) is 0.276. The van der Waals surface area contributed by atoms with Gasteiger partial charge in [-0.25, -0.2) is 0 Å². The molecule has 5 heteroatoms. The van der Waals surface area contributed by atoms with Gasteiger partial charge in [0.15, 0.2) is 0 Å². The van der Waals surface area contributed by atoms with Crippen LogP contribution in [0.3, 0.4) is 0 Å². The summed E-state index contributed by atoms with van der Waals surface area (Å²) in [5, 5.41) is 0. The van der Waals surface area contributed by atoms with E-state index in [1.165, 1.54) is 6.92 Å². The highest BCUT2D eigenvalue weighted by molar-refractivity contribution is 5.66. The summed E-state index contributed by atoms with van der Waals surface area (Å²) in [6, 6.07) is 30.0. The Balaban J connectivity index is 1.52. The number of hydrogen-bond donors (Lipinski definition) is 0. The number of ether oxygens (including phenoxy) is 4.